The molecule has 1 aromatic rings. The van der Waals surface area contributed by atoms with Gasteiger partial charge in [0, 0.05) is 25.3 Å². The van der Waals surface area contributed by atoms with Crippen molar-refractivity contribution in [2.75, 3.05) is 18.5 Å². The predicted molar refractivity (Wildman–Crippen MR) is 86.4 cm³/mol. The highest BCUT2D eigenvalue weighted by molar-refractivity contribution is 5.59. The first kappa shape index (κ1) is 14.4. The van der Waals surface area contributed by atoms with Crippen LogP contribution in [-0.2, 0) is 6.42 Å². The van der Waals surface area contributed by atoms with Crippen molar-refractivity contribution < 1.29 is 0 Å². The van der Waals surface area contributed by atoms with Crippen LogP contribution in [-0.4, -0.2) is 19.6 Å². The Morgan fingerprint density at radius 1 is 1.24 bits per heavy atom. The molecule has 3 nitrogen and oxygen atoms in total. The number of nitrogens with zero attached hydrogens (tertiary/aromatic N) is 2. The fourth-order valence-corrected chi connectivity index (χ4v) is 3.66. The van der Waals surface area contributed by atoms with Crippen molar-refractivity contribution in [2.45, 2.75) is 57.0 Å². The van der Waals surface area contributed by atoms with Gasteiger partial charge < -0.3 is 4.90 Å². The van der Waals surface area contributed by atoms with E-state index < -0.39 is 0 Å². The second-order valence-electron chi connectivity index (χ2n) is 6.48. The molecule has 3 heteroatoms. The lowest BCUT2D eigenvalue weighted by molar-refractivity contribution is 0.436. The zero-order valence-corrected chi connectivity index (χ0v) is 12.9. The molecule has 1 aliphatic carbocycles. The highest BCUT2D eigenvalue weighted by atomic mass is 15.1. The molecule has 2 aliphatic rings. The highest BCUT2D eigenvalue weighted by Gasteiger charge is 2.21. The van der Waals surface area contributed by atoms with E-state index in [9.17, 15) is 5.26 Å². The molecule has 1 aromatic carbocycles. The van der Waals surface area contributed by atoms with Crippen LogP contribution in [0.1, 0.15) is 55.7 Å². The van der Waals surface area contributed by atoms with Gasteiger partial charge in [-0.3, -0.25) is 5.32 Å². The SMILES string of the molecule is CN1CCc2cc(C(C#N)NC3CCCCCC3)ccc21. The van der Waals surface area contributed by atoms with Crippen LogP contribution in [0.5, 0.6) is 0 Å². The number of nitriles is 1. The van der Waals surface area contributed by atoms with E-state index in [0.29, 0.717) is 6.04 Å². The number of benzene rings is 1. The van der Waals surface area contributed by atoms with Gasteiger partial charge in [0.15, 0.2) is 0 Å². The fourth-order valence-electron chi connectivity index (χ4n) is 3.66. The Bertz CT molecular complexity index is 524. The standard InChI is InChI=1S/C18H25N3/c1-21-11-10-15-12-14(8-9-18(15)21)17(13-19)20-16-6-4-2-3-5-7-16/h8-9,12,16-17,20H,2-7,10-11H2,1H3. The van der Waals surface area contributed by atoms with Crippen LogP contribution in [0.3, 0.4) is 0 Å². The van der Waals surface area contributed by atoms with Crippen molar-refractivity contribution in [3.63, 3.8) is 0 Å². The van der Waals surface area contributed by atoms with Gasteiger partial charge in [-0.2, -0.15) is 5.26 Å². The average Bonchev–Trinajstić information content (AvgIpc) is 2.72. The molecule has 1 atom stereocenters. The van der Waals surface area contributed by atoms with E-state index in [4.69, 9.17) is 0 Å². The third-order valence-electron chi connectivity index (χ3n) is 4.95. The zero-order chi connectivity index (χ0) is 14.7. The minimum Gasteiger partial charge on any atom is -0.374 e. The Balaban J connectivity index is 1.73. The molecule has 0 spiro atoms. The Hall–Kier alpha value is -1.53. The summed E-state index contributed by atoms with van der Waals surface area (Å²) in [6.07, 6.45) is 8.82. The predicted octanol–water partition coefficient (Wildman–Crippen LogP) is 3.56. The molecule has 1 saturated carbocycles. The van der Waals surface area contributed by atoms with Crippen molar-refractivity contribution in [1.82, 2.24) is 5.32 Å². The number of likely N-dealkylation sites (N-methyl/N-ethyl adjacent to an activating group) is 1. The van der Waals surface area contributed by atoms with Crippen LogP contribution in [0.25, 0.3) is 0 Å². The lowest BCUT2D eigenvalue weighted by atomic mass is 10.0. The molecule has 0 amide bonds. The van der Waals surface area contributed by atoms with Gasteiger partial charge in [-0.25, -0.2) is 0 Å². The molecule has 1 heterocycles. The zero-order valence-electron chi connectivity index (χ0n) is 12.9. The topological polar surface area (TPSA) is 39.1 Å². The quantitative estimate of drug-likeness (QED) is 0.862. The van der Waals surface area contributed by atoms with Crippen LogP contribution >= 0.6 is 0 Å². The molecule has 1 fully saturated rings. The molecule has 3 rings (SSSR count). The van der Waals surface area contributed by atoms with Crippen molar-refractivity contribution in [3.05, 3.63) is 29.3 Å². The second kappa shape index (κ2) is 6.49. The Morgan fingerprint density at radius 2 is 2.00 bits per heavy atom. The number of nitrogens with one attached hydrogen (secondary N) is 1. The Morgan fingerprint density at radius 3 is 2.71 bits per heavy atom. The summed E-state index contributed by atoms with van der Waals surface area (Å²) < 4.78 is 0. The maximum atomic E-state index is 9.56. The van der Waals surface area contributed by atoms with Crippen molar-refractivity contribution in [2.24, 2.45) is 0 Å². The van der Waals surface area contributed by atoms with Crippen molar-refractivity contribution >= 4 is 5.69 Å². The van der Waals surface area contributed by atoms with Gasteiger partial charge in [0.1, 0.15) is 6.04 Å². The van der Waals surface area contributed by atoms with Gasteiger partial charge in [0.05, 0.1) is 6.07 Å². The molecule has 0 saturated heterocycles. The van der Waals surface area contributed by atoms with E-state index >= 15 is 0 Å². The van der Waals surface area contributed by atoms with E-state index in [1.165, 1.54) is 49.8 Å². The summed E-state index contributed by atoms with van der Waals surface area (Å²) in [4.78, 5) is 2.29. The Labute approximate surface area is 128 Å². The van der Waals surface area contributed by atoms with Gasteiger partial charge in [-0.1, -0.05) is 37.8 Å². The van der Waals surface area contributed by atoms with Crippen LogP contribution < -0.4 is 10.2 Å². The molecule has 0 aromatic heterocycles. The molecular weight excluding hydrogens is 258 g/mol. The number of hydrogen-bond acceptors (Lipinski definition) is 3. The monoisotopic (exact) mass is 283 g/mol. The summed E-state index contributed by atoms with van der Waals surface area (Å²) in [7, 11) is 2.14. The summed E-state index contributed by atoms with van der Waals surface area (Å²) >= 11 is 0. The number of anilines is 1. The van der Waals surface area contributed by atoms with Gasteiger partial charge in [-0.15, -0.1) is 0 Å². The summed E-state index contributed by atoms with van der Waals surface area (Å²) in [5.41, 5.74) is 3.85. The number of hydrogen-bond donors (Lipinski definition) is 1. The summed E-state index contributed by atoms with van der Waals surface area (Å²) in [5, 5.41) is 13.1. The third-order valence-corrected chi connectivity index (χ3v) is 4.95. The van der Waals surface area contributed by atoms with Crippen LogP contribution in [0, 0.1) is 11.3 Å². The number of fused-ring (bicyclic) bond motifs is 1. The fraction of sp³-hybridized carbons (Fsp3) is 0.611. The largest absolute Gasteiger partial charge is 0.374 e. The van der Waals surface area contributed by atoms with Gasteiger partial charge >= 0.3 is 0 Å². The first-order valence-corrected chi connectivity index (χ1v) is 8.27. The van der Waals surface area contributed by atoms with Crippen LogP contribution in [0.4, 0.5) is 5.69 Å². The normalized spacial score (nSPS) is 20.7. The first-order valence-electron chi connectivity index (χ1n) is 8.27. The molecule has 1 N–H and O–H groups in total. The minimum absolute atomic E-state index is 0.163. The molecule has 112 valence electrons. The van der Waals surface area contributed by atoms with Gasteiger partial charge in [-0.05, 0) is 36.5 Å². The van der Waals surface area contributed by atoms with Gasteiger partial charge in [0.25, 0.3) is 0 Å². The van der Waals surface area contributed by atoms with Crippen molar-refractivity contribution in [3.8, 4) is 6.07 Å². The van der Waals surface area contributed by atoms with Gasteiger partial charge in [0.2, 0.25) is 0 Å². The number of rotatable bonds is 3. The van der Waals surface area contributed by atoms with Crippen LogP contribution in [0.2, 0.25) is 0 Å². The molecule has 21 heavy (non-hydrogen) atoms. The lowest BCUT2D eigenvalue weighted by Crippen LogP contribution is -2.31. The molecular formula is C18H25N3. The van der Waals surface area contributed by atoms with Crippen molar-refractivity contribution in [1.29, 1.82) is 5.26 Å². The second-order valence-corrected chi connectivity index (χ2v) is 6.48. The van der Waals surface area contributed by atoms with E-state index in [1.54, 1.807) is 0 Å². The molecule has 1 aliphatic heterocycles. The first-order chi connectivity index (χ1) is 10.3. The molecule has 0 bridgehead atoms. The Kier molecular flexibility index (Phi) is 4.45. The smallest absolute Gasteiger partial charge is 0.121 e. The van der Waals surface area contributed by atoms with Crippen LogP contribution in [0.15, 0.2) is 18.2 Å². The van der Waals surface area contributed by atoms with E-state index in [1.807, 2.05) is 0 Å². The molecule has 0 radical (unpaired) electrons. The average molecular weight is 283 g/mol. The van der Waals surface area contributed by atoms with E-state index in [2.05, 4.69) is 41.5 Å². The summed E-state index contributed by atoms with van der Waals surface area (Å²) in [6, 6.07) is 9.34. The van der Waals surface area contributed by atoms with E-state index in [-0.39, 0.29) is 6.04 Å². The summed E-state index contributed by atoms with van der Waals surface area (Å²) in [5.74, 6) is 0. The summed E-state index contributed by atoms with van der Waals surface area (Å²) in [6.45, 7) is 1.09. The maximum Gasteiger partial charge on any atom is 0.121 e. The van der Waals surface area contributed by atoms with E-state index in [0.717, 1.165) is 18.5 Å². The maximum absolute atomic E-state index is 9.56. The highest BCUT2D eigenvalue weighted by Crippen LogP contribution is 2.30. The minimum atomic E-state index is -0.163. The molecule has 1 unspecified atom stereocenters. The third kappa shape index (κ3) is 3.22. The lowest BCUT2D eigenvalue weighted by Gasteiger charge is -2.21.